The van der Waals surface area contributed by atoms with E-state index in [0.29, 0.717) is 0 Å². The third kappa shape index (κ3) is 2.48. The largest absolute Gasteiger partial charge is 0.293 e. The first-order chi connectivity index (χ1) is 6.19. The molecule has 0 unspecified atom stereocenters. The summed E-state index contributed by atoms with van der Waals surface area (Å²) < 4.78 is 0. The molecule has 0 N–H and O–H groups in total. The molecule has 1 rings (SSSR count). The van der Waals surface area contributed by atoms with Crippen LogP contribution in [0.15, 0.2) is 23.1 Å². The quantitative estimate of drug-likeness (QED) is 0.437. The fraction of sp³-hybridized carbons (Fsp3) is 0.300. The second-order valence-corrected chi connectivity index (χ2v) is 3.88. The van der Waals surface area contributed by atoms with E-state index < -0.39 is 0 Å². The maximum atomic E-state index is 11.4. The van der Waals surface area contributed by atoms with E-state index in [0.717, 1.165) is 16.0 Å². The molecule has 0 fully saturated rings. The molecule has 0 aliphatic carbocycles. The van der Waals surface area contributed by atoms with Crippen molar-refractivity contribution in [3.63, 3.8) is 0 Å². The summed E-state index contributed by atoms with van der Waals surface area (Å²) in [6, 6.07) is 5.84. The molecular formula is C10H11ClOS. The normalized spacial score (nSPS) is 10.1. The SMILES string of the molecule is CSc1ccc(C)cc1C(=O)CCl. The van der Waals surface area contributed by atoms with Gasteiger partial charge in [0, 0.05) is 10.5 Å². The van der Waals surface area contributed by atoms with E-state index >= 15 is 0 Å². The Balaban J connectivity index is 3.15. The highest BCUT2D eigenvalue weighted by Gasteiger charge is 2.09. The molecule has 0 atom stereocenters. The summed E-state index contributed by atoms with van der Waals surface area (Å²) in [7, 11) is 0. The highest BCUT2D eigenvalue weighted by atomic mass is 35.5. The zero-order valence-corrected chi connectivity index (χ0v) is 9.21. The van der Waals surface area contributed by atoms with Gasteiger partial charge in [-0.3, -0.25) is 4.79 Å². The second kappa shape index (κ2) is 4.68. The average molecular weight is 215 g/mol. The molecule has 0 aliphatic heterocycles. The molecule has 1 aromatic rings. The summed E-state index contributed by atoms with van der Waals surface area (Å²) in [5.41, 5.74) is 1.83. The highest BCUT2D eigenvalue weighted by molar-refractivity contribution is 7.98. The van der Waals surface area contributed by atoms with Gasteiger partial charge in [-0.2, -0.15) is 0 Å². The first-order valence-electron chi connectivity index (χ1n) is 3.93. The van der Waals surface area contributed by atoms with E-state index in [1.54, 1.807) is 11.8 Å². The Hall–Kier alpha value is -0.470. The van der Waals surface area contributed by atoms with Gasteiger partial charge in [-0.25, -0.2) is 0 Å². The van der Waals surface area contributed by atoms with Gasteiger partial charge in [-0.05, 0) is 25.3 Å². The summed E-state index contributed by atoms with van der Waals surface area (Å²) in [5.74, 6) is 0.0477. The number of carbonyl (C=O) groups excluding carboxylic acids is 1. The minimum atomic E-state index is -0.00489. The molecular weight excluding hydrogens is 204 g/mol. The molecule has 0 saturated carbocycles. The maximum Gasteiger partial charge on any atom is 0.178 e. The molecule has 0 radical (unpaired) electrons. The van der Waals surface area contributed by atoms with Crippen molar-refractivity contribution in [3.8, 4) is 0 Å². The van der Waals surface area contributed by atoms with E-state index in [1.807, 2.05) is 31.4 Å². The van der Waals surface area contributed by atoms with Gasteiger partial charge in [0.1, 0.15) is 0 Å². The van der Waals surface area contributed by atoms with Crippen LogP contribution in [0.3, 0.4) is 0 Å². The van der Waals surface area contributed by atoms with E-state index in [1.165, 1.54) is 0 Å². The smallest absolute Gasteiger partial charge is 0.178 e. The fourth-order valence-corrected chi connectivity index (χ4v) is 1.85. The van der Waals surface area contributed by atoms with Gasteiger partial charge in [-0.1, -0.05) is 11.6 Å². The summed E-state index contributed by atoms with van der Waals surface area (Å²) in [4.78, 5) is 12.4. The van der Waals surface area contributed by atoms with Crippen molar-refractivity contribution in [2.45, 2.75) is 11.8 Å². The highest BCUT2D eigenvalue weighted by Crippen LogP contribution is 2.22. The Bertz CT molecular complexity index is 323. The molecule has 0 bridgehead atoms. The van der Waals surface area contributed by atoms with Crippen LogP contribution in [0.2, 0.25) is 0 Å². The summed E-state index contributed by atoms with van der Waals surface area (Å²) in [6.07, 6.45) is 1.95. The number of rotatable bonds is 3. The van der Waals surface area contributed by atoms with Crippen molar-refractivity contribution >= 4 is 29.1 Å². The lowest BCUT2D eigenvalue weighted by Crippen LogP contribution is -2.02. The van der Waals surface area contributed by atoms with Crippen molar-refractivity contribution < 1.29 is 4.79 Å². The molecule has 1 aromatic carbocycles. The van der Waals surface area contributed by atoms with Crippen LogP contribution in [0, 0.1) is 6.92 Å². The molecule has 1 nitrogen and oxygen atoms in total. The molecule has 70 valence electrons. The number of halogens is 1. The monoisotopic (exact) mass is 214 g/mol. The zero-order chi connectivity index (χ0) is 9.84. The summed E-state index contributed by atoms with van der Waals surface area (Å²) in [6.45, 7) is 1.97. The van der Waals surface area contributed by atoms with Crippen LogP contribution in [0.5, 0.6) is 0 Å². The van der Waals surface area contributed by atoms with E-state index in [4.69, 9.17) is 11.6 Å². The van der Waals surface area contributed by atoms with Crippen molar-refractivity contribution in [1.29, 1.82) is 0 Å². The molecule has 13 heavy (non-hydrogen) atoms. The van der Waals surface area contributed by atoms with Crippen LogP contribution in [-0.4, -0.2) is 17.9 Å². The fourth-order valence-electron chi connectivity index (χ4n) is 1.11. The van der Waals surface area contributed by atoms with Gasteiger partial charge in [0.15, 0.2) is 5.78 Å². The van der Waals surface area contributed by atoms with Gasteiger partial charge in [0.05, 0.1) is 5.88 Å². The number of aryl methyl sites for hydroxylation is 1. The number of benzene rings is 1. The zero-order valence-electron chi connectivity index (χ0n) is 7.63. The Morgan fingerprint density at radius 3 is 2.77 bits per heavy atom. The van der Waals surface area contributed by atoms with E-state index in [9.17, 15) is 4.79 Å². The van der Waals surface area contributed by atoms with Crippen LogP contribution in [-0.2, 0) is 0 Å². The first-order valence-corrected chi connectivity index (χ1v) is 5.68. The number of hydrogen-bond acceptors (Lipinski definition) is 2. The maximum absolute atomic E-state index is 11.4. The number of ketones is 1. The van der Waals surface area contributed by atoms with E-state index in [-0.39, 0.29) is 11.7 Å². The third-order valence-electron chi connectivity index (χ3n) is 1.78. The third-order valence-corrected chi connectivity index (χ3v) is 2.82. The number of carbonyl (C=O) groups is 1. The van der Waals surface area contributed by atoms with Crippen molar-refractivity contribution in [2.24, 2.45) is 0 Å². The standard InChI is InChI=1S/C10H11ClOS/c1-7-3-4-10(13-2)8(5-7)9(12)6-11/h3-5H,6H2,1-2H3. The lowest BCUT2D eigenvalue weighted by atomic mass is 10.1. The van der Waals surface area contributed by atoms with Gasteiger partial charge in [0.2, 0.25) is 0 Å². The number of alkyl halides is 1. The Kier molecular flexibility index (Phi) is 3.82. The first kappa shape index (κ1) is 10.6. The predicted molar refractivity (Wildman–Crippen MR) is 58.0 cm³/mol. The van der Waals surface area contributed by atoms with Crippen molar-refractivity contribution in [2.75, 3.05) is 12.1 Å². The molecule has 0 saturated heterocycles. The molecule has 0 aromatic heterocycles. The van der Waals surface area contributed by atoms with Crippen LogP contribution in [0.25, 0.3) is 0 Å². The Labute approximate surface area is 87.5 Å². The van der Waals surface area contributed by atoms with Gasteiger partial charge in [-0.15, -0.1) is 23.4 Å². The Morgan fingerprint density at radius 2 is 2.23 bits per heavy atom. The lowest BCUT2D eigenvalue weighted by molar-refractivity contribution is 0.101. The average Bonchev–Trinajstić information content (AvgIpc) is 2.16. The number of thioether (sulfide) groups is 1. The van der Waals surface area contributed by atoms with Gasteiger partial charge >= 0.3 is 0 Å². The number of Topliss-reactive ketones (excluding diaryl/α,β-unsaturated/α-hetero) is 1. The van der Waals surface area contributed by atoms with Crippen LogP contribution >= 0.6 is 23.4 Å². The van der Waals surface area contributed by atoms with Crippen LogP contribution in [0.4, 0.5) is 0 Å². The van der Waals surface area contributed by atoms with Crippen molar-refractivity contribution in [1.82, 2.24) is 0 Å². The lowest BCUT2D eigenvalue weighted by Gasteiger charge is -2.05. The van der Waals surface area contributed by atoms with Crippen LogP contribution < -0.4 is 0 Å². The van der Waals surface area contributed by atoms with E-state index in [2.05, 4.69) is 0 Å². The molecule has 0 heterocycles. The minimum absolute atomic E-state index is 0.00489. The van der Waals surface area contributed by atoms with Crippen molar-refractivity contribution in [3.05, 3.63) is 29.3 Å². The number of hydrogen-bond donors (Lipinski definition) is 0. The minimum Gasteiger partial charge on any atom is -0.293 e. The molecule has 0 amide bonds. The Morgan fingerprint density at radius 1 is 1.54 bits per heavy atom. The topological polar surface area (TPSA) is 17.1 Å². The summed E-state index contributed by atoms with van der Waals surface area (Å²) >= 11 is 7.08. The predicted octanol–water partition coefficient (Wildman–Crippen LogP) is 3.14. The van der Waals surface area contributed by atoms with Crippen LogP contribution in [0.1, 0.15) is 15.9 Å². The molecule has 3 heteroatoms. The summed E-state index contributed by atoms with van der Waals surface area (Å²) in [5, 5.41) is 0. The molecule has 0 spiro atoms. The van der Waals surface area contributed by atoms with Gasteiger partial charge < -0.3 is 0 Å². The van der Waals surface area contributed by atoms with Gasteiger partial charge in [0.25, 0.3) is 0 Å². The second-order valence-electron chi connectivity index (χ2n) is 2.76. The molecule has 0 aliphatic rings.